The van der Waals surface area contributed by atoms with E-state index in [9.17, 15) is 0 Å². The maximum atomic E-state index is 4.63. The summed E-state index contributed by atoms with van der Waals surface area (Å²) in [7, 11) is 0. The lowest BCUT2D eigenvalue weighted by Gasteiger charge is -2.34. The summed E-state index contributed by atoms with van der Waals surface area (Å²) < 4.78 is 0. The lowest BCUT2D eigenvalue weighted by molar-refractivity contribution is 0.203. The average Bonchev–Trinajstić information content (AvgIpc) is 3.28. The Balaban J connectivity index is 1.41. The molecule has 3 aliphatic rings. The van der Waals surface area contributed by atoms with Crippen molar-refractivity contribution < 1.29 is 0 Å². The van der Waals surface area contributed by atoms with Gasteiger partial charge in [0.05, 0.1) is 0 Å². The molecule has 1 saturated carbocycles. The van der Waals surface area contributed by atoms with E-state index in [1.54, 1.807) is 5.56 Å². The van der Waals surface area contributed by atoms with Gasteiger partial charge in [0.25, 0.3) is 0 Å². The first-order valence-corrected chi connectivity index (χ1v) is 15.9. The second-order valence-electron chi connectivity index (χ2n) is 15.0. The number of hydrogen-bond acceptors (Lipinski definition) is 0. The van der Waals surface area contributed by atoms with Gasteiger partial charge in [0, 0.05) is 5.92 Å². The van der Waals surface area contributed by atoms with Gasteiger partial charge in [-0.1, -0.05) is 119 Å². The summed E-state index contributed by atoms with van der Waals surface area (Å²) in [5.41, 5.74) is 14.7. The van der Waals surface area contributed by atoms with Gasteiger partial charge in [0.1, 0.15) is 0 Å². The summed E-state index contributed by atoms with van der Waals surface area (Å²) in [5.74, 6) is 3.26. The minimum absolute atomic E-state index is 0.288. The van der Waals surface area contributed by atoms with Gasteiger partial charge in [0.15, 0.2) is 0 Å². The van der Waals surface area contributed by atoms with Crippen molar-refractivity contribution in [1.82, 2.24) is 0 Å². The van der Waals surface area contributed by atoms with Crippen molar-refractivity contribution >= 4 is 6.08 Å². The second kappa shape index (κ2) is 11.3. The highest BCUT2D eigenvalue weighted by atomic mass is 14.4. The summed E-state index contributed by atoms with van der Waals surface area (Å²) in [4.78, 5) is 0. The monoisotopic (exact) mass is 532 g/mol. The molecule has 0 nitrogen and oxygen atoms in total. The molecule has 0 amide bonds. The third-order valence-corrected chi connectivity index (χ3v) is 10.2. The molecule has 3 unspecified atom stereocenters. The van der Waals surface area contributed by atoms with Crippen LogP contribution < -0.4 is 0 Å². The highest BCUT2D eigenvalue weighted by Gasteiger charge is 2.31. The summed E-state index contributed by atoms with van der Waals surface area (Å²) in [5, 5.41) is 0. The molecule has 0 heteroatoms. The minimum atomic E-state index is 0.288. The fourth-order valence-electron chi connectivity index (χ4n) is 7.98. The second-order valence-corrected chi connectivity index (χ2v) is 15.0. The van der Waals surface area contributed by atoms with Crippen LogP contribution >= 0.6 is 0 Å². The Morgan fingerprint density at radius 1 is 0.950 bits per heavy atom. The molecule has 0 N–H and O–H groups in total. The molecule has 212 valence electrons. The van der Waals surface area contributed by atoms with Gasteiger partial charge >= 0.3 is 0 Å². The lowest BCUT2D eigenvalue weighted by Crippen LogP contribution is -2.23. The summed E-state index contributed by atoms with van der Waals surface area (Å²) in [6, 6.07) is 11.9. The number of hydrogen-bond donors (Lipinski definition) is 0. The number of aryl methyl sites for hydroxylation is 2. The molecule has 0 radical (unpaired) electrons. The van der Waals surface area contributed by atoms with Gasteiger partial charge in [-0.25, -0.2) is 0 Å². The topological polar surface area (TPSA) is 0 Å². The quantitative estimate of drug-likeness (QED) is 0.325. The minimum Gasteiger partial charge on any atom is -0.0986 e. The van der Waals surface area contributed by atoms with Crippen LogP contribution in [0.1, 0.15) is 94.5 Å². The van der Waals surface area contributed by atoms with Crippen molar-refractivity contribution in [3.8, 4) is 11.1 Å². The highest BCUT2D eigenvalue weighted by Crippen LogP contribution is 2.45. The van der Waals surface area contributed by atoms with E-state index in [1.165, 1.54) is 75.8 Å². The van der Waals surface area contributed by atoms with Crippen molar-refractivity contribution in [2.24, 2.45) is 35.0 Å². The number of rotatable bonds is 6. The van der Waals surface area contributed by atoms with E-state index >= 15 is 0 Å². The van der Waals surface area contributed by atoms with Crippen molar-refractivity contribution in [2.75, 3.05) is 0 Å². The molecule has 0 spiro atoms. The largest absolute Gasteiger partial charge is 0.0986 e. The van der Waals surface area contributed by atoms with E-state index in [0.29, 0.717) is 11.8 Å². The fourth-order valence-corrected chi connectivity index (χ4v) is 7.98. The van der Waals surface area contributed by atoms with Gasteiger partial charge in [0.2, 0.25) is 0 Å². The molecule has 0 aromatic heterocycles. The number of allylic oxidation sites excluding steroid dienone is 5. The maximum Gasteiger partial charge on any atom is 0.00827 e. The maximum absolute atomic E-state index is 4.63. The number of benzene rings is 2. The Bertz CT molecular complexity index is 1350. The van der Waals surface area contributed by atoms with Crippen LogP contribution in [-0.4, -0.2) is 0 Å². The zero-order chi connectivity index (χ0) is 28.8. The van der Waals surface area contributed by atoms with Gasteiger partial charge < -0.3 is 0 Å². The SMILES string of the molecule is C=C1C=CC(CC(C)(C)C)C(=C)C1CC1=Cc2cccc(-c3cc(C)cc(C)c3C[C@@H]3CCC(C)C[C@@H]3C)c2C1. The predicted octanol–water partition coefficient (Wildman–Crippen LogP) is 11.3. The zero-order valence-corrected chi connectivity index (χ0v) is 26.4. The van der Waals surface area contributed by atoms with Gasteiger partial charge in [-0.2, -0.15) is 0 Å². The highest BCUT2D eigenvalue weighted by molar-refractivity contribution is 5.80. The molecule has 0 aliphatic heterocycles. The van der Waals surface area contributed by atoms with Crippen LogP contribution in [0.15, 0.2) is 72.4 Å². The molecular weight excluding hydrogens is 480 g/mol. The standard InChI is InChI=1S/C40H52/c1-25-13-15-32(28(4)17-25)23-37-29(5)18-26(2)19-39(37)35-12-10-11-33-20-31(22-38(33)35)21-36-27(3)14-16-34(30(36)6)24-40(7,8)9/h10-12,14,16,18-20,25,28,32,34,36H,3,6,13,15,17,21-24H2,1-2,4-5,7-9H3/t25?,28-,32-,34?,36?/m0/s1. The molecule has 5 atom stereocenters. The van der Waals surface area contributed by atoms with Crippen molar-refractivity contribution in [1.29, 1.82) is 0 Å². The van der Waals surface area contributed by atoms with Crippen LogP contribution in [0.3, 0.4) is 0 Å². The van der Waals surface area contributed by atoms with Gasteiger partial charge in [-0.15, -0.1) is 0 Å². The van der Waals surface area contributed by atoms with Crippen LogP contribution in [0.5, 0.6) is 0 Å². The third-order valence-electron chi connectivity index (χ3n) is 10.2. The number of fused-ring (bicyclic) bond motifs is 1. The smallest absolute Gasteiger partial charge is 0.00827 e. The van der Waals surface area contributed by atoms with E-state index in [1.807, 2.05) is 0 Å². The van der Waals surface area contributed by atoms with Gasteiger partial charge in [-0.3, -0.25) is 0 Å². The Kier molecular flexibility index (Phi) is 8.20. The molecule has 5 rings (SSSR count). The van der Waals surface area contributed by atoms with Crippen LogP contribution in [0, 0.1) is 48.9 Å². The first-order valence-electron chi connectivity index (χ1n) is 15.9. The average molecular weight is 533 g/mol. The molecule has 2 aromatic carbocycles. The molecule has 3 aliphatic carbocycles. The van der Waals surface area contributed by atoms with Crippen LogP contribution in [0.2, 0.25) is 0 Å². The van der Waals surface area contributed by atoms with Crippen LogP contribution in [0.4, 0.5) is 0 Å². The lowest BCUT2D eigenvalue weighted by atomic mass is 9.71. The predicted molar refractivity (Wildman–Crippen MR) is 175 cm³/mol. The Morgan fingerprint density at radius 2 is 1.73 bits per heavy atom. The summed E-state index contributed by atoms with van der Waals surface area (Å²) in [6.45, 7) is 25.6. The summed E-state index contributed by atoms with van der Waals surface area (Å²) in [6.07, 6.45) is 15.7. The fraction of sp³-hybridized carbons (Fsp3) is 0.500. The molecule has 0 saturated heterocycles. The van der Waals surface area contributed by atoms with Crippen molar-refractivity contribution in [3.05, 3.63) is 100 Å². The molecule has 0 heterocycles. The first kappa shape index (κ1) is 28.9. The van der Waals surface area contributed by atoms with Crippen LogP contribution in [-0.2, 0) is 12.8 Å². The normalized spacial score (nSPS) is 26.7. The van der Waals surface area contributed by atoms with E-state index in [0.717, 1.165) is 37.0 Å². The van der Waals surface area contributed by atoms with Crippen molar-refractivity contribution in [2.45, 2.75) is 93.4 Å². The molecule has 1 fully saturated rings. The first-order chi connectivity index (χ1) is 18.9. The molecule has 2 aromatic rings. The Morgan fingerprint density at radius 3 is 2.45 bits per heavy atom. The van der Waals surface area contributed by atoms with E-state index in [-0.39, 0.29) is 5.41 Å². The van der Waals surface area contributed by atoms with Crippen LogP contribution in [0.25, 0.3) is 17.2 Å². The van der Waals surface area contributed by atoms with Crippen molar-refractivity contribution in [3.63, 3.8) is 0 Å². The summed E-state index contributed by atoms with van der Waals surface area (Å²) >= 11 is 0. The zero-order valence-electron chi connectivity index (χ0n) is 26.4. The van der Waals surface area contributed by atoms with E-state index < -0.39 is 0 Å². The molecule has 40 heavy (non-hydrogen) atoms. The third kappa shape index (κ3) is 6.17. The van der Waals surface area contributed by atoms with E-state index in [4.69, 9.17) is 0 Å². The molecular formula is C40H52. The van der Waals surface area contributed by atoms with E-state index in [2.05, 4.69) is 110 Å². The Hall–Kier alpha value is -2.60. The van der Waals surface area contributed by atoms with Gasteiger partial charge in [-0.05, 0) is 120 Å². The molecule has 0 bridgehead atoms. The Labute approximate surface area is 245 Å².